The fourth-order valence-electron chi connectivity index (χ4n) is 2.94. The number of methoxy groups -OCH3 is 1. The fraction of sp³-hybridized carbons (Fsp3) is 0.0455. The van der Waals surface area contributed by atoms with Crippen molar-refractivity contribution in [1.82, 2.24) is 14.5 Å². The van der Waals surface area contributed by atoms with Gasteiger partial charge in [0.2, 0.25) is 5.78 Å². The molecule has 0 fully saturated rings. The number of carbonyl (C=O) groups is 1. The van der Waals surface area contributed by atoms with E-state index in [1.54, 1.807) is 60.7 Å². The van der Waals surface area contributed by atoms with Crippen LogP contribution in [-0.2, 0) is 0 Å². The van der Waals surface area contributed by atoms with Crippen LogP contribution in [0.2, 0.25) is 0 Å². The van der Waals surface area contributed by atoms with Gasteiger partial charge >= 0.3 is 0 Å². The second-order valence-corrected chi connectivity index (χ2v) is 6.13. The van der Waals surface area contributed by atoms with Gasteiger partial charge in [0.25, 0.3) is 0 Å². The number of hydrogen-bond donors (Lipinski definition) is 0. The van der Waals surface area contributed by atoms with Crippen LogP contribution in [0.4, 0.5) is 4.39 Å². The van der Waals surface area contributed by atoms with Gasteiger partial charge in [-0.3, -0.25) is 9.78 Å². The Bertz CT molecular complexity index is 1150. The Balaban J connectivity index is 1.65. The van der Waals surface area contributed by atoms with Crippen molar-refractivity contribution in [3.8, 4) is 22.6 Å². The lowest BCUT2D eigenvalue weighted by atomic mass is 10.1. The number of ether oxygens (including phenoxy) is 1. The van der Waals surface area contributed by atoms with Gasteiger partial charge in [0.1, 0.15) is 23.6 Å². The minimum absolute atomic E-state index is 0.200. The molecule has 2 aromatic carbocycles. The van der Waals surface area contributed by atoms with Crippen LogP contribution in [0, 0.1) is 5.82 Å². The van der Waals surface area contributed by atoms with Crippen molar-refractivity contribution in [2.24, 2.45) is 0 Å². The van der Waals surface area contributed by atoms with E-state index in [-0.39, 0.29) is 11.6 Å². The van der Waals surface area contributed by atoms with Gasteiger partial charge in [-0.2, -0.15) is 0 Å². The zero-order chi connectivity index (χ0) is 19.5. The molecular formula is C22H16FN3O2. The van der Waals surface area contributed by atoms with Gasteiger partial charge in [0, 0.05) is 29.2 Å². The van der Waals surface area contributed by atoms with Gasteiger partial charge in [-0.15, -0.1) is 0 Å². The van der Waals surface area contributed by atoms with E-state index < -0.39 is 0 Å². The van der Waals surface area contributed by atoms with Crippen LogP contribution < -0.4 is 4.74 Å². The number of pyridine rings is 1. The first kappa shape index (κ1) is 17.6. The molecule has 0 saturated heterocycles. The molecule has 28 heavy (non-hydrogen) atoms. The number of nitrogens with zero attached hydrogens (tertiary/aromatic N) is 3. The van der Waals surface area contributed by atoms with E-state index in [0.717, 1.165) is 5.69 Å². The molecule has 0 aliphatic rings. The number of carbonyl (C=O) groups excluding carboxylic acids is 1. The third-order valence-corrected chi connectivity index (χ3v) is 4.37. The van der Waals surface area contributed by atoms with E-state index in [0.29, 0.717) is 28.1 Å². The summed E-state index contributed by atoms with van der Waals surface area (Å²) in [7, 11) is 1.55. The maximum absolute atomic E-state index is 14.0. The molecule has 0 aliphatic carbocycles. The summed E-state index contributed by atoms with van der Waals surface area (Å²) in [5, 5.41) is 0. The second-order valence-electron chi connectivity index (χ2n) is 6.13. The standard InChI is InChI=1S/C22H16FN3O2/c1-28-18-7-3-5-16(11-18)22(27)21-13-26(14-25-21)17-6-2-4-15(10-17)19-8-9-24-12-20(19)23/h2-14H,1H3. The zero-order valence-electron chi connectivity index (χ0n) is 15.0. The highest BCUT2D eigenvalue weighted by Gasteiger charge is 2.14. The number of imidazole rings is 1. The molecule has 0 aliphatic heterocycles. The summed E-state index contributed by atoms with van der Waals surface area (Å²) in [6.07, 6.45) is 5.95. The normalized spacial score (nSPS) is 10.6. The Morgan fingerprint density at radius 1 is 1.11 bits per heavy atom. The lowest BCUT2D eigenvalue weighted by Gasteiger charge is -2.07. The third-order valence-electron chi connectivity index (χ3n) is 4.37. The SMILES string of the molecule is COc1cccc(C(=O)c2cn(-c3cccc(-c4ccncc4F)c3)cn2)c1. The molecule has 2 aromatic heterocycles. The smallest absolute Gasteiger partial charge is 0.213 e. The number of benzene rings is 2. The van der Waals surface area contributed by atoms with Gasteiger partial charge in [0.05, 0.1) is 13.3 Å². The van der Waals surface area contributed by atoms with Gasteiger partial charge in [0.15, 0.2) is 0 Å². The molecule has 5 nitrogen and oxygen atoms in total. The van der Waals surface area contributed by atoms with Crippen molar-refractivity contribution in [2.75, 3.05) is 7.11 Å². The van der Waals surface area contributed by atoms with Crippen LogP contribution in [-0.4, -0.2) is 27.4 Å². The number of halogens is 1. The topological polar surface area (TPSA) is 57.0 Å². The third kappa shape index (κ3) is 3.40. The van der Waals surface area contributed by atoms with Crippen LogP contribution in [0.3, 0.4) is 0 Å². The van der Waals surface area contributed by atoms with Crippen molar-refractivity contribution in [3.05, 3.63) is 96.6 Å². The maximum Gasteiger partial charge on any atom is 0.213 e. The van der Waals surface area contributed by atoms with Crippen LogP contribution in [0.25, 0.3) is 16.8 Å². The summed E-state index contributed by atoms with van der Waals surface area (Å²) in [6.45, 7) is 0. The molecule has 0 radical (unpaired) electrons. The molecular weight excluding hydrogens is 357 g/mol. The Hall–Kier alpha value is -3.80. The predicted molar refractivity (Wildman–Crippen MR) is 103 cm³/mol. The van der Waals surface area contributed by atoms with E-state index >= 15 is 0 Å². The van der Waals surface area contributed by atoms with E-state index in [1.165, 1.54) is 6.20 Å². The minimum atomic E-state index is -0.390. The molecule has 0 saturated carbocycles. The highest BCUT2D eigenvalue weighted by Crippen LogP contribution is 2.24. The number of aromatic nitrogens is 3. The van der Waals surface area contributed by atoms with Gasteiger partial charge in [-0.25, -0.2) is 9.37 Å². The highest BCUT2D eigenvalue weighted by atomic mass is 19.1. The molecule has 0 unspecified atom stereocenters. The fourth-order valence-corrected chi connectivity index (χ4v) is 2.94. The van der Waals surface area contributed by atoms with Crippen molar-refractivity contribution in [2.45, 2.75) is 0 Å². The molecule has 4 rings (SSSR count). The van der Waals surface area contributed by atoms with Crippen LogP contribution in [0.5, 0.6) is 5.75 Å². The average Bonchev–Trinajstić information content (AvgIpc) is 3.24. The summed E-state index contributed by atoms with van der Waals surface area (Å²) in [4.78, 5) is 20.7. The van der Waals surface area contributed by atoms with Crippen molar-refractivity contribution < 1.29 is 13.9 Å². The molecule has 4 aromatic rings. The minimum Gasteiger partial charge on any atom is -0.497 e. The van der Waals surface area contributed by atoms with E-state index in [4.69, 9.17) is 4.74 Å². The molecule has 0 spiro atoms. The Morgan fingerprint density at radius 2 is 1.96 bits per heavy atom. The Kier molecular flexibility index (Phi) is 4.68. The Morgan fingerprint density at radius 3 is 2.79 bits per heavy atom. The lowest BCUT2D eigenvalue weighted by Crippen LogP contribution is -2.02. The van der Waals surface area contributed by atoms with Gasteiger partial charge in [-0.05, 0) is 35.9 Å². The largest absolute Gasteiger partial charge is 0.497 e. The summed E-state index contributed by atoms with van der Waals surface area (Å²) < 4.78 is 20.9. The number of hydrogen-bond acceptors (Lipinski definition) is 4. The summed E-state index contributed by atoms with van der Waals surface area (Å²) >= 11 is 0. The van der Waals surface area contributed by atoms with E-state index in [1.807, 2.05) is 24.3 Å². The van der Waals surface area contributed by atoms with Gasteiger partial charge < -0.3 is 9.30 Å². The maximum atomic E-state index is 14.0. The molecule has 0 atom stereocenters. The van der Waals surface area contributed by atoms with Crippen LogP contribution >= 0.6 is 0 Å². The van der Waals surface area contributed by atoms with E-state index in [9.17, 15) is 9.18 Å². The van der Waals surface area contributed by atoms with Crippen molar-refractivity contribution in [1.29, 1.82) is 0 Å². The molecule has 6 heteroatoms. The molecule has 0 N–H and O–H groups in total. The lowest BCUT2D eigenvalue weighted by molar-refractivity contribution is 0.103. The quantitative estimate of drug-likeness (QED) is 0.489. The zero-order valence-corrected chi connectivity index (χ0v) is 15.0. The highest BCUT2D eigenvalue weighted by molar-refractivity contribution is 6.07. The summed E-state index contributed by atoms with van der Waals surface area (Å²) in [5.74, 6) is 0.0190. The first-order valence-electron chi connectivity index (χ1n) is 8.59. The number of rotatable bonds is 5. The van der Waals surface area contributed by atoms with Gasteiger partial charge in [-0.1, -0.05) is 24.3 Å². The monoisotopic (exact) mass is 373 g/mol. The predicted octanol–water partition coefficient (Wildman–Crippen LogP) is 4.31. The van der Waals surface area contributed by atoms with E-state index in [2.05, 4.69) is 9.97 Å². The second kappa shape index (κ2) is 7.44. The number of ketones is 1. The van der Waals surface area contributed by atoms with Crippen molar-refractivity contribution in [3.63, 3.8) is 0 Å². The molecule has 2 heterocycles. The van der Waals surface area contributed by atoms with Crippen LogP contribution in [0.1, 0.15) is 16.1 Å². The molecule has 0 bridgehead atoms. The summed E-state index contributed by atoms with van der Waals surface area (Å²) in [6, 6.07) is 15.9. The first-order valence-corrected chi connectivity index (χ1v) is 8.59. The van der Waals surface area contributed by atoms with Crippen LogP contribution in [0.15, 0.2) is 79.5 Å². The Labute approximate surface area is 161 Å². The summed E-state index contributed by atoms with van der Waals surface area (Å²) in [5.41, 5.74) is 2.76. The first-order chi connectivity index (χ1) is 13.7. The van der Waals surface area contributed by atoms with Crippen molar-refractivity contribution >= 4 is 5.78 Å². The average molecular weight is 373 g/mol. The molecule has 0 amide bonds. The molecule has 138 valence electrons.